The number of thioether (sulfide) groups is 1. The number of hydrogen-bond acceptors (Lipinski definition) is 4. The van der Waals surface area contributed by atoms with E-state index in [0.29, 0.717) is 12.2 Å². The Morgan fingerprint density at radius 2 is 2.11 bits per heavy atom. The molecule has 0 aliphatic heterocycles. The highest BCUT2D eigenvalue weighted by atomic mass is 32.2. The lowest BCUT2D eigenvalue weighted by Crippen LogP contribution is -2.04. The molecule has 0 saturated carbocycles. The second kappa shape index (κ2) is 6.59. The Labute approximate surface area is 121 Å². The van der Waals surface area contributed by atoms with Crippen molar-refractivity contribution in [3.05, 3.63) is 59.0 Å². The summed E-state index contributed by atoms with van der Waals surface area (Å²) in [6.07, 6.45) is 3.74. The zero-order valence-electron chi connectivity index (χ0n) is 10.6. The standard InChI is InChI=1S/C15H14O2S2/c1-3-11-4-6-12(7-5-11)10-17-14(16)13-8-9-19-15(13)18-2/h3-9H,1,10H2,2H3. The quantitative estimate of drug-likeness (QED) is 0.600. The molecule has 0 amide bonds. The third-order valence-electron chi connectivity index (χ3n) is 2.62. The van der Waals surface area contributed by atoms with Crippen molar-refractivity contribution in [3.8, 4) is 0 Å². The van der Waals surface area contributed by atoms with Crippen LogP contribution in [0.25, 0.3) is 6.08 Å². The van der Waals surface area contributed by atoms with Crippen molar-refractivity contribution in [2.45, 2.75) is 10.8 Å². The van der Waals surface area contributed by atoms with Crippen LogP contribution >= 0.6 is 23.1 Å². The molecule has 0 aliphatic carbocycles. The average molecular weight is 290 g/mol. The highest BCUT2D eigenvalue weighted by Crippen LogP contribution is 2.27. The van der Waals surface area contributed by atoms with E-state index in [1.807, 2.05) is 35.9 Å². The number of carbonyl (C=O) groups is 1. The molecule has 0 unspecified atom stereocenters. The van der Waals surface area contributed by atoms with Gasteiger partial charge >= 0.3 is 5.97 Å². The number of benzene rings is 1. The van der Waals surface area contributed by atoms with Crippen molar-refractivity contribution in [2.24, 2.45) is 0 Å². The van der Waals surface area contributed by atoms with Crippen LogP contribution in [0, 0.1) is 0 Å². The van der Waals surface area contributed by atoms with E-state index in [0.717, 1.165) is 15.3 Å². The maximum absolute atomic E-state index is 11.9. The van der Waals surface area contributed by atoms with Crippen molar-refractivity contribution in [2.75, 3.05) is 6.26 Å². The van der Waals surface area contributed by atoms with Crippen LogP contribution in [0.15, 0.2) is 46.5 Å². The molecule has 0 N–H and O–H groups in total. The van der Waals surface area contributed by atoms with Gasteiger partial charge in [-0.2, -0.15) is 0 Å². The van der Waals surface area contributed by atoms with Gasteiger partial charge in [-0.15, -0.1) is 23.1 Å². The van der Waals surface area contributed by atoms with Gasteiger partial charge in [-0.05, 0) is 28.8 Å². The topological polar surface area (TPSA) is 26.3 Å². The third kappa shape index (κ3) is 3.49. The van der Waals surface area contributed by atoms with Gasteiger partial charge in [0, 0.05) is 0 Å². The fourth-order valence-electron chi connectivity index (χ4n) is 1.58. The van der Waals surface area contributed by atoms with Crippen molar-refractivity contribution in [3.63, 3.8) is 0 Å². The van der Waals surface area contributed by atoms with Gasteiger partial charge in [0.25, 0.3) is 0 Å². The van der Waals surface area contributed by atoms with E-state index in [2.05, 4.69) is 6.58 Å². The largest absolute Gasteiger partial charge is 0.457 e. The molecule has 98 valence electrons. The predicted molar refractivity (Wildman–Crippen MR) is 81.8 cm³/mol. The molecule has 2 aromatic rings. The van der Waals surface area contributed by atoms with Crippen molar-refractivity contribution in [1.29, 1.82) is 0 Å². The number of rotatable bonds is 5. The monoisotopic (exact) mass is 290 g/mol. The smallest absolute Gasteiger partial charge is 0.340 e. The molecule has 0 atom stereocenters. The van der Waals surface area contributed by atoms with Crippen molar-refractivity contribution < 1.29 is 9.53 Å². The van der Waals surface area contributed by atoms with Crippen LogP contribution in [0.4, 0.5) is 0 Å². The summed E-state index contributed by atoms with van der Waals surface area (Å²) in [7, 11) is 0. The molecule has 2 nitrogen and oxygen atoms in total. The van der Waals surface area contributed by atoms with E-state index in [9.17, 15) is 4.79 Å². The van der Waals surface area contributed by atoms with Crippen LogP contribution in [0.1, 0.15) is 21.5 Å². The second-order valence-electron chi connectivity index (χ2n) is 3.85. The fraction of sp³-hybridized carbons (Fsp3) is 0.133. The third-order valence-corrected chi connectivity index (χ3v) is 4.71. The summed E-state index contributed by atoms with van der Waals surface area (Å²) in [5.41, 5.74) is 2.68. The normalized spacial score (nSPS) is 10.2. The van der Waals surface area contributed by atoms with Gasteiger partial charge in [-0.1, -0.05) is 36.9 Å². The lowest BCUT2D eigenvalue weighted by Gasteiger charge is -2.05. The van der Waals surface area contributed by atoms with Crippen LogP contribution < -0.4 is 0 Å². The van der Waals surface area contributed by atoms with Crippen LogP contribution in [0.2, 0.25) is 0 Å². The molecule has 0 bridgehead atoms. The summed E-state index contributed by atoms with van der Waals surface area (Å²) in [4.78, 5) is 11.9. The summed E-state index contributed by atoms with van der Waals surface area (Å²) in [5.74, 6) is -0.265. The molecule has 19 heavy (non-hydrogen) atoms. The van der Waals surface area contributed by atoms with Gasteiger partial charge in [-0.25, -0.2) is 4.79 Å². The molecule has 2 rings (SSSR count). The molecule has 1 aromatic heterocycles. The van der Waals surface area contributed by atoms with Crippen LogP contribution in [-0.2, 0) is 11.3 Å². The molecular weight excluding hydrogens is 276 g/mol. The Balaban J connectivity index is 1.98. The minimum absolute atomic E-state index is 0.265. The van der Waals surface area contributed by atoms with Gasteiger partial charge in [0.1, 0.15) is 6.61 Å². The highest BCUT2D eigenvalue weighted by Gasteiger charge is 2.13. The summed E-state index contributed by atoms with van der Waals surface area (Å²) in [6, 6.07) is 9.59. The number of esters is 1. The van der Waals surface area contributed by atoms with Crippen molar-refractivity contribution >= 4 is 35.1 Å². The van der Waals surface area contributed by atoms with E-state index in [1.165, 1.54) is 0 Å². The molecule has 0 spiro atoms. The van der Waals surface area contributed by atoms with Crippen molar-refractivity contribution in [1.82, 2.24) is 0 Å². The van der Waals surface area contributed by atoms with Gasteiger partial charge in [0.2, 0.25) is 0 Å². The fourth-order valence-corrected chi connectivity index (χ4v) is 3.11. The number of carbonyl (C=O) groups excluding carboxylic acids is 1. The number of ether oxygens (including phenoxy) is 1. The zero-order chi connectivity index (χ0) is 13.7. The Hall–Kier alpha value is -1.52. The predicted octanol–water partition coefficient (Wildman–Crippen LogP) is 4.47. The maximum Gasteiger partial charge on any atom is 0.340 e. The number of hydrogen-bond donors (Lipinski definition) is 0. The first-order chi connectivity index (χ1) is 9.24. The first-order valence-electron chi connectivity index (χ1n) is 5.74. The van der Waals surface area contributed by atoms with Crippen LogP contribution in [-0.4, -0.2) is 12.2 Å². The van der Waals surface area contributed by atoms with Gasteiger partial charge in [-0.3, -0.25) is 0 Å². The maximum atomic E-state index is 11.9. The Morgan fingerprint density at radius 1 is 1.37 bits per heavy atom. The SMILES string of the molecule is C=Cc1ccc(COC(=O)c2ccsc2SC)cc1. The number of thiophene rings is 1. The van der Waals surface area contributed by atoms with E-state index in [1.54, 1.807) is 35.2 Å². The molecule has 0 saturated heterocycles. The van der Waals surface area contributed by atoms with Gasteiger partial charge < -0.3 is 4.74 Å². The lowest BCUT2D eigenvalue weighted by molar-refractivity contribution is 0.0469. The molecule has 0 aliphatic rings. The van der Waals surface area contributed by atoms with Gasteiger partial charge in [0.15, 0.2) is 0 Å². The van der Waals surface area contributed by atoms with Crippen LogP contribution in [0.5, 0.6) is 0 Å². The van der Waals surface area contributed by atoms with Gasteiger partial charge in [0.05, 0.1) is 9.77 Å². The summed E-state index contributed by atoms with van der Waals surface area (Å²) in [6.45, 7) is 3.99. The Bertz CT molecular complexity index is 570. The van der Waals surface area contributed by atoms with E-state index >= 15 is 0 Å². The second-order valence-corrected chi connectivity index (χ2v) is 5.84. The molecule has 0 radical (unpaired) electrons. The molecule has 0 fully saturated rings. The summed E-state index contributed by atoms with van der Waals surface area (Å²) in [5, 5.41) is 1.90. The zero-order valence-corrected chi connectivity index (χ0v) is 12.2. The average Bonchev–Trinajstić information content (AvgIpc) is 2.93. The van der Waals surface area contributed by atoms with E-state index < -0.39 is 0 Å². The first-order valence-corrected chi connectivity index (χ1v) is 7.85. The minimum Gasteiger partial charge on any atom is -0.457 e. The Morgan fingerprint density at radius 3 is 2.74 bits per heavy atom. The molecule has 4 heteroatoms. The molecule has 1 aromatic carbocycles. The minimum atomic E-state index is -0.265. The van der Waals surface area contributed by atoms with E-state index in [4.69, 9.17) is 4.74 Å². The summed E-state index contributed by atoms with van der Waals surface area (Å²) >= 11 is 3.12. The summed E-state index contributed by atoms with van der Waals surface area (Å²) < 4.78 is 6.31. The Kier molecular flexibility index (Phi) is 4.82. The molecule has 1 heterocycles. The van der Waals surface area contributed by atoms with E-state index in [-0.39, 0.29) is 5.97 Å². The highest BCUT2D eigenvalue weighted by molar-refractivity contribution is 8.00. The van der Waals surface area contributed by atoms with Crippen LogP contribution in [0.3, 0.4) is 0 Å². The first kappa shape index (κ1) is 13.9. The molecular formula is C15H14O2S2. The lowest BCUT2D eigenvalue weighted by atomic mass is 10.1.